The highest BCUT2D eigenvalue weighted by atomic mass is 35.5. The van der Waals surface area contributed by atoms with Crippen LogP contribution in [0.15, 0.2) is 36.9 Å². The predicted molar refractivity (Wildman–Crippen MR) is 86.8 cm³/mol. The van der Waals surface area contributed by atoms with E-state index in [1.807, 2.05) is 6.92 Å². The van der Waals surface area contributed by atoms with Crippen molar-refractivity contribution in [3.63, 3.8) is 0 Å². The molecule has 0 aliphatic heterocycles. The summed E-state index contributed by atoms with van der Waals surface area (Å²) in [7, 11) is 0. The lowest BCUT2D eigenvalue weighted by molar-refractivity contribution is 0.184. The van der Waals surface area contributed by atoms with Gasteiger partial charge in [-0.3, -0.25) is 4.57 Å². The number of carbonyl (C=O) groups is 1. The van der Waals surface area contributed by atoms with Crippen molar-refractivity contribution < 1.29 is 9.53 Å². The third kappa shape index (κ3) is 4.39. The van der Waals surface area contributed by atoms with Crippen LogP contribution in [0, 0.1) is 0 Å². The molecule has 0 N–H and O–H groups in total. The number of hydrogen-bond donors (Lipinski definition) is 0. The molecule has 0 aliphatic carbocycles. The smallest absolute Gasteiger partial charge is 0.329 e. The summed E-state index contributed by atoms with van der Waals surface area (Å²) in [4.78, 5) is 17.9. The molecule has 0 unspecified atom stereocenters. The van der Waals surface area contributed by atoms with Gasteiger partial charge in [-0.1, -0.05) is 30.1 Å². The SMILES string of the molecule is CCCN(CCOc1ccc(Cl)cc1Cl)C(=O)n1ccnc1. The Kier molecular flexibility index (Phi) is 6.10. The van der Waals surface area contributed by atoms with Crippen LogP contribution in [-0.4, -0.2) is 40.2 Å². The van der Waals surface area contributed by atoms with E-state index in [-0.39, 0.29) is 6.03 Å². The molecule has 0 aliphatic rings. The summed E-state index contributed by atoms with van der Waals surface area (Å²) in [5.74, 6) is 0.553. The molecule has 1 aromatic carbocycles. The Morgan fingerprint density at radius 3 is 2.82 bits per heavy atom. The molecule has 0 fully saturated rings. The molecular weight excluding hydrogens is 325 g/mol. The highest BCUT2D eigenvalue weighted by Crippen LogP contribution is 2.27. The number of halogens is 2. The van der Waals surface area contributed by atoms with E-state index >= 15 is 0 Å². The first kappa shape index (κ1) is 16.6. The van der Waals surface area contributed by atoms with Crippen LogP contribution in [-0.2, 0) is 0 Å². The minimum absolute atomic E-state index is 0.120. The fourth-order valence-corrected chi connectivity index (χ4v) is 2.43. The maximum Gasteiger partial charge on any atom is 0.329 e. The van der Waals surface area contributed by atoms with Crippen molar-refractivity contribution in [1.29, 1.82) is 0 Å². The minimum atomic E-state index is -0.120. The van der Waals surface area contributed by atoms with Gasteiger partial charge in [0.15, 0.2) is 0 Å². The van der Waals surface area contributed by atoms with E-state index in [1.54, 1.807) is 35.5 Å². The van der Waals surface area contributed by atoms with Crippen LogP contribution in [0.5, 0.6) is 5.75 Å². The van der Waals surface area contributed by atoms with Crippen molar-refractivity contribution in [3.8, 4) is 5.75 Å². The Morgan fingerprint density at radius 2 is 2.18 bits per heavy atom. The fourth-order valence-electron chi connectivity index (χ4n) is 1.97. The minimum Gasteiger partial charge on any atom is -0.490 e. The first-order chi connectivity index (χ1) is 10.6. The molecule has 7 heteroatoms. The van der Waals surface area contributed by atoms with Crippen molar-refractivity contribution >= 4 is 29.2 Å². The number of rotatable bonds is 6. The van der Waals surface area contributed by atoms with Gasteiger partial charge in [-0.05, 0) is 24.6 Å². The summed E-state index contributed by atoms with van der Waals surface area (Å²) in [6, 6.07) is 4.93. The van der Waals surface area contributed by atoms with Gasteiger partial charge in [0.05, 0.1) is 11.6 Å². The average molecular weight is 342 g/mol. The van der Waals surface area contributed by atoms with Crippen LogP contribution in [0.1, 0.15) is 13.3 Å². The van der Waals surface area contributed by atoms with Crippen molar-refractivity contribution in [3.05, 3.63) is 47.0 Å². The molecule has 2 aromatic rings. The molecule has 0 atom stereocenters. The van der Waals surface area contributed by atoms with E-state index in [9.17, 15) is 4.79 Å². The van der Waals surface area contributed by atoms with Gasteiger partial charge < -0.3 is 9.64 Å². The zero-order valence-corrected chi connectivity index (χ0v) is 13.7. The second-order valence-corrected chi connectivity index (χ2v) is 5.51. The van der Waals surface area contributed by atoms with Crippen LogP contribution in [0.4, 0.5) is 4.79 Å². The predicted octanol–water partition coefficient (Wildman–Crippen LogP) is 3.95. The van der Waals surface area contributed by atoms with E-state index in [0.29, 0.717) is 35.5 Å². The summed E-state index contributed by atoms with van der Waals surface area (Å²) in [5, 5.41) is 1.01. The first-order valence-corrected chi connectivity index (χ1v) is 7.72. The largest absolute Gasteiger partial charge is 0.490 e. The number of hydrogen-bond acceptors (Lipinski definition) is 3. The number of amides is 1. The Labute approximate surface area is 139 Å². The van der Waals surface area contributed by atoms with Crippen LogP contribution in [0.2, 0.25) is 10.0 Å². The number of benzene rings is 1. The Balaban J connectivity index is 1.93. The molecule has 1 heterocycles. The zero-order valence-electron chi connectivity index (χ0n) is 12.2. The molecule has 0 spiro atoms. The molecule has 1 amide bonds. The molecule has 0 saturated heterocycles. The molecule has 22 heavy (non-hydrogen) atoms. The van der Waals surface area contributed by atoms with Crippen LogP contribution < -0.4 is 4.74 Å². The number of aromatic nitrogens is 2. The quantitative estimate of drug-likeness (QED) is 0.799. The van der Waals surface area contributed by atoms with Gasteiger partial charge in [0.25, 0.3) is 0 Å². The zero-order chi connectivity index (χ0) is 15.9. The number of carbonyl (C=O) groups excluding carboxylic acids is 1. The molecule has 1 aromatic heterocycles. The van der Waals surface area contributed by atoms with Crippen LogP contribution in [0.3, 0.4) is 0 Å². The van der Waals surface area contributed by atoms with Crippen LogP contribution >= 0.6 is 23.2 Å². The highest BCUT2D eigenvalue weighted by Gasteiger charge is 2.14. The Bertz CT molecular complexity index is 617. The molecule has 118 valence electrons. The lowest BCUT2D eigenvalue weighted by Crippen LogP contribution is -2.37. The van der Waals surface area contributed by atoms with E-state index in [1.165, 1.54) is 10.9 Å². The van der Waals surface area contributed by atoms with Gasteiger partial charge in [0.1, 0.15) is 18.7 Å². The summed E-state index contributed by atoms with van der Waals surface area (Å²) in [5.41, 5.74) is 0. The summed E-state index contributed by atoms with van der Waals surface area (Å²) >= 11 is 11.9. The highest BCUT2D eigenvalue weighted by molar-refractivity contribution is 6.35. The maximum atomic E-state index is 12.3. The first-order valence-electron chi connectivity index (χ1n) is 6.97. The monoisotopic (exact) mass is 341 g/mol. The second kappa shape index (κ2) is 8.06. The van der Waals surface area contributed by atoms with E-state index in [4.69, 9.17) is 27.9 Å². The maximum absolute atomic E-state index is 12.3. The van der Waals surface area contributed by atoms with Gasteiger partial charge >= 0.3 is 6.03 Å². The van der Waals surface area contributed by atoms with Crippen LogP contribution in [0.25, 0.3) is 0 Å². The summed E-state index contributed by atoms with van der Waals surface area (Å²) < 4.78 is 7.08. The molecule has 0 radical (unpaired) electrons. The lowest BCUT2D eigenvalue weighted by Gasteiger charge is -2.22. The van der Waals surface area contributed by atoms with Gasteiger partial charge in [0.2, 0.25) is 0 Å². The standard InChI is InChI=1S/C15H17Cl2N3O2/c1-2-6-19(15(21)20-7-5-18-11-20)8-9-22-14-4-3-12(16)10-13(14)17/h3-5,7,10-11H,2,6,8-9H2,1H3. The Morgan fingerprint density at radius 1 is 1.36 bits per heavy atom. The number of nitrogens with zero attached hydrogens (tertiary/aromatic N) is 3. The molecule has 5 nitrogen and oxygen atoms in total. The molecule has 2 rings (SSSR count). The summed E-state index contributed by atoms with van der Waals surface area (Å²) in [6.07, 6.45) is 5.55. The summed E-state index contributed by atoms with van der Waals surface area (Å²) in [6.45, 7) is 3.48. The number of imidazole rings is 1. The van der Waals surface area contributed by atoms with Crippen molar-refractivity contribution in [2.75, 3.05) is 19.7 Å². The normalized spacial score (nSPS) is 10.5. The van der Waals surface area contributed by atoms with Gasteiger partial charge in [0, 0.05) is 24.0 Å². The third-order valence-electron chi connectivity index (χ3n) is 3.00. The van der Waals surface area contributed by atoms with Crippen molar-refractivity contribution in [1.82, 2.24) is 14.5 Å². The molecule has 0 saturated carbocycles. The van der Waals surface area contributed by atoms with E-state index < -0.39 is 0 Å². The molecular formula is C15H17Cl2N3O2. The van der Waals surface area contributed by atoms with Gasteiger partial charge in [-0.15, -0.1) is 0 Å². The fraction of sp³-hybridized carbons (Fsp3) is 0.333. The van der Waals surface area contributed by atoms with Crippen molar-refractivity contribution in [2.45, 2.75) is 13.3 Å². The van der Waals surface area contributed by atoms with Gasteiger partial charge in [-0.25, -0.2) is 9.78 Å². The van der Waals surface area contributed by atoms with E-state index in [2.05, 4.69) is 4.98 Å². The lowest BCUT2D eigenvalue weighted by atomic mass is 10.3. The number of ether oxygens (including phenoxy) is 1. The second-order valence-electron chi connectivity index (χ2n) is 4.66. The van der Waals surface area contributed by atoms with E-state index in [0.717, 1.165) is 6.42 Å². The average Bonchev–Trinajstić information content (AvgIpc) is 3.02. The van der Waals surface area contributed by atoms with Gasteiger partial charge in [-0.2, -0.15) is 0 Å². The van der Waals surface area contributed by atoms with Crippen molar-refractivity contribution in [2.24, 2.45) is 0 Å². The Hall–Kier alpha value is -1.72. The topological polar surface area (TPSA) is 47.4 Å². The molecule has 0 bridgehead atoms. The third-order valence-corrected chi connectivity index (χ3v) is 3.53.